The topological polar surface area (TPSA) is 58.2 Å². The molecule has 0 bridgehead atoms. The van der Waals surface area contributed by atoms with E-state index in [0.29, 0.717) is 17.3 Å². The summed E-state index contributed by atoms with van der Waals surface area (Å²) in [5.41, 5.74) is 2.61. The third-order valence-corrected chi connectivity index (χ3v) is 5.19. The second-order valence-electron chi connectivity index (χ2n) is 5.25. The van der Waals surface area contributed by atoms with E-state index in [1.807, 2.05) is 36.4 Å². The third kappa shape index (κ3) is 4.64. The van der Waals surface area contributed by atoms with Crippen LogP contribution in [0.2, 0.25) is 5.02 Å². The molecule has 2 rings (SSSR count). The van der Waals surface area contributed by atoms with Crippen molar-refractivity contribution in [1.82, 2.24) is 0 Å². The van der Waals surface area contributed by atoms with Gasteiger partial charge in [-0.25, -0.2) is 8.42 Å². The first-order valence-electron chi connectivity index (χ1n) is 6.97. The average Bonchev–Trinajstić information content (AvgIpc) is 2.48. The molecule has 6 heteroatoms. The van der Waals surface area contributed by atoms with Crippen LogP contribution in [0.3, 0.4) is 0 Å². The first-order valence-corrected chi connectivity index (χ1v) is 8.89. The third-order valence-electron chi connectivity index (χ3n) is 3.18. The van der Waals surface area contributed by atoms with E-state index in [1.54, 1.807) is 26.0 Å². The number of halogens is 1. The molecule has 0 fully saturated rings. The molecule has 2 N–H and O–H groups in total. The van der Waals surface area contributed by atoms with Crippen molar-refractivity contribution < 1.29 is 8.42 Å². The van der Waals surface area contributed by atoms with Gasteiger partial charge in [0.25, 0.3) is 0 Å². The number of benzene rings is 2. The molecule has 0 spiro atoms. The molecule has 0 unspecified atom stereocenters. The molecule has 4 nitrogen and oxygen atoms in total. The average molecular weight is 339 g/mol. The zero-order chi connectivity index (χ0) is 16.2. The van der Waals surface area contributed by atoms with Crippen LogP contribution in [-0.2, 0) is 16.6 Å². The number of anilines is 2. The Labute approximate surface area is 136 Å². The summed E-state index contributed by atoms with van der Waals surface area (Å²) >= 11 is 5.84. The SMILES string of the molecule is CC(C)S(=O)(=O)Nc1ccc(CNc2ccc(Cl)cc2)cc1. The molecular weight excluding hydrogens is 320 g/mol. The first kappa shape index (κ1) is 16.6. The molecule has 0 aliphatic carbocycles. The number of nitrogens with one attached hydrogen (secondary N) is 2. The van der Waals surface area contributed by atoms with Gasteiger partial charge in [0.05, 0.1) is 5.25 Å². The van der Waals surface area contributed by atoms with Crippen molar-refractivity contribution in [2.45, 2.75) is 25.6 Å². The van der Waals surface area contributed by atoms with Crippen molar-refractivity contribution in [3.63, 3.8) is 0 Å². The van der Waals surface area contributed by atoms with Gasteiger partial charge >= 0.3 is 0 Å². The standard InChI is InChI=1S/C16H19ClN2O2S/c1-12(2)22(20,21)19-16-7-3-13(4-8-16)11-18-15-9-5-14(17)6-10-15/h3-10,12,18-19H,11H2,1-2H3. The molecule has 0 aliphatic rings. The highest BCUT2D eigenvalue weighted by Crippen LogP contribution is 2.16. The summed E-state index contributed by atoms with van der Waals surface area (Å²) in [6, 6.07) is 14.8. The monoisotopic (exact) mass is 338 g/mol. The fourth-order valence-corrected chi connectivity index (χ4v) is 2.57. The highest BCUT2D eigenvalue weighted by molar-refractivity contribution is 7.93. The fraction of sp³-hybridized carbons (Fsp3) is 0.250. The molecule has 0 saturated carbocycles. The van der Waals surface area contributed by atoms with Gasteiger partial charge in [-0.05, 0) is 55.8 Å². The summed E-state index contributed by atoms with van der Waals surface area (Å²) in [5, 5.41) is 3.52. The van der Waals surface area contributed by atoms with Crippen LogP contribution in [0.25, 0.3) is 0 Å². The minimum absolute atomic E-state index is 0.459. The highest BCUT2D eigenvalue weighted by Gasteiger charge is 2.15. The fourth-order valence-electron chi connectivity index (χ4n) is 1.74. The molecule has 2 aromatic rings. The Balaban J connectivity index is 1.96. The highest BCUT2D eigenvalue weighted by atomic mass is 35.5. The van der Waals surface area contributed by atoms with Gasteiger partial charge < -0.3 is 5.32 Å². The van der Waals surface area contributed by atoms with Gasteiger partial charge in [0.2, 0.25) is 10.0 Å². The van der Waals surface area contributed by atoms with Crippen molar-refractivity contribution in [2.75, 3.05) is 10.0 Å². The van der Waals surface area contributed by atoms with Crippen LogP contribution in [0.15, 0.2) is 48.5 Å². The number of hydrogen-bond acceptors (Lipinski definition) is 3. The molecule has 2 aromatic carbocycles. The molecule has 0 heterocycles. The first-order chi connectivity index (χ1) is 10.4. The lowest BCUT2D eigenvalue weighted by Gasteiger charge is -2.11. The molecule has 0 aromatic heterocycles. The molecule has 0 aliphatic heterocycles. The normalized spacial score (nSPS) is 11.5. The minimum Gasteiger partial charge on any atom is -0.381 e. The van der Waals surface area contributed by atoms with Crippen molar-refractivity contribution in [3.05, 3.63) is 59.1 Å². The second kappa shape index (κ2) is 7.03. The molecule has 118 valence electrons. The van der Waals surface area contributed by atoms with E-state index in [4.69, 9.17) is 11.6 Å². The van der Waals surface area contributed by atoms with E-state index in [9.17, 15) is 8.42 Å². The molecule has 0 atom stereocenters. The lowest BCUT2D eigenvalue weighted by Crippen LogP contribution is -2.22. The summed E-state index contributed by atoms with van der Waals surface area (Å²) < 4.78 is 26.1. The Morgan fingerprint density at radius 1 is 0.955 bits per heavy atom. The van der Waals surface area contributed by atoms with Crippen molar-refractivity contribution >= 4 is 33.0 Å². The smallest absolute Gasteiger partial charge is 0.235 e. The van der Waals surface area contributed by atoms with E-state index in [1.165, 1.54) is 0 Å². The Morgan fingerprint density at radius 2 is 1.50 bits per heavy atom. The predicted octanol–water partition coefficient (Wildman–Crippen LogP) is 4.10. The van der Waals surface area contributed by atoms with Gasteiger partial charge in [-0.3, -0.25) is 4.72 Å². The zero-order valence-electron chi connectivity index (χ0n) is 12.5. The zero-order valence-corrected chi connectivity index (χ0v) is 14.1. The lowest BCUT2D eigenvalue weighted by molar-refractivity contribution is 0.593. The molecular formula is C16H19ClN2O2S. The van der Waals surface area contributed by atoms with Gasteiger partial charge in [-0.1, -0.05) is 23.7 Å². The quantitative estimate of drug-likeness (QED) is 0.833. The van der Waals surface area contributed by atoms with Gasteiger partial charge in [0.1, 0.15) is 0 Å². The van der Waals surface area contributed by atoms with Gasteiger partial charge in [0.15, 0.2) is 0 Å². The summed E-state index contributed by atoms with van der Waals surface area (Å²) in [7, 11) is -3.30. The maximum Gasteiger partial charge on any atom is 0.235 e. The van der Waals surface area contributed by atoms with E-state index in [-0.39, 0.29) is 0 Å². The van der Waals surface area contributed by atoms with Crippen LogP contribution in [0.5, 0.6) is 0 Å². The van der Waals surface area contributed by atoms with Crippen LogP contribution < -0.4 is 10.0 Å². The van der Waals surface area contributed by atoms with Crippen LogP contribution in [0.4, 0.5) is 11.4 Å². The van der Waals surface area contributed by atoms with Gasteiger partial charge in [-0.15, -0.1) is 0 Å². The van der Waals surface area contributed by atoms with Crippen LogP contribution in [0, 0.1) is 0 Å². The van der Waals surface area contributed by atoms with Gasteiger partial charge in [0, 0.05) is 22.9 Å². The summed E-state index contributed by atoms with van der Waals surface area (Å²) in [4.78, 5) is 0. The van der Waals surface area contributed by atoms with E-state index >= 15 is 0 Å². The van der Waals surface area contributed by atoms with Gasteiger partial charge in [-0.2, -0.15) is 0 Å². The summed E-state index contributed by atoms with van der Waals surface area (Å²) in [6.07, 6.45) is 0. The number of rotatable bonds is 6. The number of sulfonamides is 1. The molecule has 0 saturated heterocycles. The molecule has 0 radical (unpaired) electrons. The van der Waals surface area contributed by atoms with Crippen LogP contribution in [-0.4, -0.2) is 13.7 Å². The summed E-state index contributed by atoms with van der Waals surface area (Å²) in [5.74, 6) is 0. The largest absolute Gasteiger partial charge is 0.381 e. The summed E-state index contributed by atoms with van der Waals surface area (Å²) in [6.45, 7) is 3.94. The maximum atomic E-state index is 11.8. The van der Waals surface area contributed by atoms with Crippen LogP contribution in [0.1, 0.15) is 19.4 Å². The Bertz CT molecular complexity index is 711. The maximum absolute atomic E-state index is 11.8. The van der Waals surface area contributed by atoms with E-state index < -0.39 is 15.3 Å². The Kier molecular flexibility index (Phi) is 5.32. The number of hydrogen-bond donors (Lipinski definition) is 2. The van der Waals surface area contributed by atoms with Crippen molar-refractivity contribution in [3.8, 4) is 0 Å². The predicted molar refractivity (Wildman–Crippen MR) is 92.9 cm³/mol. The van der Waals surface area contributed by atoms with Crippen molar-refractivity contribution in [1.29, 1.82) is 0 Å². The van der Waals surface area contributed by atoms with E-state index in [0.717, 1.165) is 11.3 Å². The van der Waals surface area contributed by atoms with Crippen molar-refractivity contribution in [2.24, 2.45) is 0 Å². The Morgan fingerprint density at radius 3 is 2.05 bits per heavy atom. The lowest BCUT2D eigenvalue weighted by atomic mass is 10.2. The van der Waals surface area contributed by atoms with Crippen LogP contribution >= 0.6 is 11.6 Å². The molecule has 22 heavy (non-hydrogen) atoms. The molecule has 0 amide bonds. The minimum atomic E-state index is -3.30. The second-order valence-corrected chi connectivity index (χ2v) is 7.93. The Hall–Kier alpha value is -1.72. The van der Waals surface area contributed by atoms with E-state index in [2.05, 4.69) is 10.0 Å².